The van der Waals surface area contributed by atoms with E-state index in [1.54, 1.807) is 12.4 Å². The molecule has 0 saturated carbocycles. The van der Waals surface area contributed by atoms with Crippen LogP contribution in [0.25, 0.3) is 0 Å². The summed E-state index contributed by atoms with van der Waals surface area (Å²) in [5.74, 6) is 0. The molecule has 0 amide bonds. The smallest absolute Gasteiger partial charge is 0.0635 e. The first-order valence-electron chi connectivity index (χ1n) is 5.93. The molecule has 4 nitrogen and oxygen atoms in total. The molecule has 0 aliphatic heterocycles. The van der Waals surface area contributed by atoms with Crippen LogP contribution in [0.3, 0.4) is 0 Å². The van der Waals surface area contributed by atoms with E-state index in [0.29, 0.717) is 6.42 Å². The Balaban J connectivity index is 2.85. The van der Waals surface area contributed by atoms with Crippen LogP contribution in [0.15, 0.2) is 24.5 Å². The number of nitriles is 1. The number of hydrogen-bond acceptors (Lipinski definition) is 4. The van der Waals surface area contributed by atoms with Crippen LogP contribution in [-0.2, 0) is 0 Å². The quantitative estimate of drug-likeness (QED) is 0.810. The van der Waals surface area contributed by atoms with Crippen LogP contribution in [-0.4, -0.2) is 29.5 Å². The maximum absolute atomic E-state index is 8.65. The Hall–Kier alpha value is -1.44. The Morgan fingerprint density at radius 2 is 2.12 bits per heavy atom. The van der Waals surface area contributed by atoms with Gasteiger partial charge in [-0.2, -0.15) is 5.26 Å². The van der Waals surface area contributed by atoms with Gasteiger partial charge in [0, 0.05) is 37.4 Å². The molecule has 92 valence electrons. The zero-order valence-corrected chi connectivity index (χ0v) is 10.5. The van der Waals surface area contributed by atoms with Gasteiger partial charge >= 0.3 is 0 Å². The maximum Gasteiger partial charge on any atom is 0.0635 e. The molecule has 0 fully saturated rings. The van der Waals surface area contributed by atoms with Crippen LogP contribution < -0.4 is 5.73 Å². The van der Waals surface area contributed by atoms with Crippen LogP contribution in [0.1, 0.15) is 31.4 Å². The largest absolute Gasteiger partial charge is 0.326 e. The van der Waals surface area contributed by atoms with Crippen molar-refractivity contribution in [2.24, 2.45) is 5.73 Å². The molecule has 4 heteroatoms. The SMILES string of the molecule is CCC(N)C(c1ccncc1)N(C)CCC#N. The van der Waals surface area contributed by atoms with Crippen molar-refractivity contribution in [1.82, 2.24) is 9.88 Å². The Morgan fingerprint density at radius 1 is 1.47 bits per heavy atom. The van der Waals surface area contributed by atoms with Gasteiger partial charge in [0.25, 0.3) is 0 Å². The fraction of sp³-hybridized carbons (Fsp3) is 0.538. The average molecular weight is 232 g/mol. The zero-order chi connectivity index (χ0) is 12.7. The first-order chi connectivity index (χ1) is 8.20. The summed E-state index contributed by atoms with van der Waals surface area (Å²) in [6.45, 7) is 2.81. The molecule has 0 radical (unpaired) electrons. The molecule has 0 spiro atoms. The Bertz CT molecular complexity index is 357. The summed E-state index contributed by atoms with van der Waals surface area (Å²) in [6, 6.07) is 6.37. The highest BCUT2D eigenvalue weighted by Crippen LogP contribution is 2.23. The van der Waals surface area contributed by atoms with E-state index in [1.165, 1.54) is 0 Å². The Kier molecular flexibility index (Phi) is 5.61. The van der Waals surface area contributed by atoms with E-state index in [9.17, 15) is 0 Å². The molecule has 0 saturated heterocycles. The van der Waals surface area contributed by atoms with Gasteiger partial charge in [-0.3, -0.25) is 9.88 Å². The third kappa shape index (κ3) is 3.81. The monoisotopic (exact) mass is 232 g/mol. The third-order valence-electron chi connectivity index (χ3n) is 2.98. The Labute approximate surface area is 103 Å². The number of likely N-dealkylation sites (N-methyl/N-ethyl adjacent to an activating group) is 1. The molecule has 1 rings (SSSR count). The van der Waals surface area contributed by atoms with Crippen LogP contribution in [0, 0.1) is 11.3 Å². The molecular weight excluding hydrogens is 212 g/mol. The summed E-state index contributed by atoms with van der Waals surface area (Å²) >= 11 is 0. The lowest BCUT2D eigenvalue weighted by Gasteiger charge is -2.32. The molecule has 1 aromatic rings. The lowest BCUT2D eigenvalue weighted by molar-refractivity contribution is 0.214. The number of hydrogen-bond donors (Lipinski definition) is 1. The van der Waals surface area contributed by atoms with E-state index < -0.39 is 0 Å². The van der Waals surface area contributed by atoms with Gasteiger partial charge in [0.05, 0.1) is 6.07 Å². The van der Waals surface area contributed by atoms with Crippen molar-refractivity contribution in [2.75, 3.05) is 13.6 Å². The minimum Gasteiger partial charge on any atom is -0.326 e. The van der Waals surface area contributed by atoms with Crippen molar-refractivity contribution in [3.05, 3.63) is 30.1 Å². The molecule has 1 aromatic heterocycles. The van der Waals surface area contributed by atoms with Crippen molar-refractivity contribution in [3.63, 3.8) is 0 Å². The van der Waals surface area contributed by atoms with E-state index in [2.05, 4.69) is 22.9 Å². The fourth-order valence-electron chi connectivity index (χ4n) is 1.98. The van der Waals surface area contributed by atoms with E-state index in [-0.39, 0.29) is 12.1 Å². The van der Waals surface area contributed by atoms with Gasteiger partial charge in [0.2, 0.25) is 0 Å². The van der Waals surface area contributed by atoms with E-state index in [4.69, 9.17) is 11.0 Å². The molecule has 0 aliphatic carbocycles. The van der Waals surface area contributed by atoms with E-state index in [0.717, 1.165) is 18.5 Å². The van der Waals surface area contributed by atoms with Crippen LogP contribution in [0.2, 0.25) is 0 Å². The van der Waals surface area contributed by atoms with E-state index in [1.807, 2.05) is 19.2 Å². The van der Waals surface area contributed by atoms with E-state index >= 15 is 0 Å². The fourth-order valence-corrected chi connectivity index (χ4v) is 1.98. The summed E-state index contributed by atoms with van der Waals surface area (Å²) < 4.78 is 0. The summed E-state index contributed by atoms with van der Waals surface area (Å²) in [6.07, 6.45) is 4.99. The zero-order valence-electron chi connectivity index (χ0n) is 10.5. The molecule has 0 aromatic carbocycles. The lowest BCUT2D eigenvalue weighted by Crippen LogP contribution is -2.39. The standard InChI is InChI=1S/C13H20N4/c1-3-12(15)13(17(2)10-4-7-14)11-5-8-16-9-6-11/h5-6,8-9,12-13H,3-4,10,15H2,1-2H3. The molecule has 0 aliphatic rings. The van der Waals surface area contributed by atoms with Crippen LogP contribution in [0.4, 0.5) is 0 Å². The third-order valence-corrected chi connectivity index (χ3v) is 2.98. The molecule has 1 heterocycles. The first kappa shape index (κ1) is 13.6. The average Bonchev–Trinajstić information content (AvgIpc) is 2.37. The second-order valence-corrected chi connectivity index (χ2v) is 4.19. The number of nitrogens with zero attached hydrogens (tertiary/aromatic N) is 3. The van der Waals surface area contributed by atoms with Gasteiger partial charge in [-0.05, 0) is 31.2 Å². The van der Waals surface area contributed by atoms with Crippen molar-refractivity contribution < 1.29 is 0 Å². The minimum absolute atomic E-state index is 0.0705. The summed E-state index contributed by atoms with van der Waals surface area (Å²) in [4.78, 5) is 6.17. The maximum atomic E-state index is 8.65. The van der Waals surface area contributed by atoms with Gasteiger partial charge < -0.3 is 5.73 Å². The molecule has 2 atom stereocenters. The molecule has 0 bridgehead atoms. The number of aromatic nitrogens is 1. The second-order valence-electron chi connectivity index (χ2n) is 4.19. The Morgan fingerprint density at radius 3 is 2.65 bits per heavy atom. The number of pyridine rings is 1. The second kappa shape index (κ2) is 7.00. The number of rotatable bonds is 6. The molecular formula is C13H20N4. The predicted molar refractivity (Wildman–Crippen MR) is 68.1 cm³/mol. The normalized spacial score (nSPS) is 14.3. The van der Waals surface area contributed by atoms with Crippen molar-refractivity contribution in [3.8, 4) is 6.07 Å². The van der Waals surface area contributed by atoms with Gasteiger partial charge in [-0.15, -0.1) is 0 Å². The van der Waals surface area contributed by atoms with Crippen LogP contribution in [0.5, 0.6) is 0 Å². The highest BCUT2D eigenvalue weighted by atomic mass is 15.1. The summed E-state index contributed by atoms with van der Waals surface area (Å²) in [7, 11) is 2.01. The minimum atomic E-state index is 0.0705. The summed E-state index contributed by atoms with van der Waals surface area (Å²) in [5, 5.41) is 8.65. The topological polar surface area (TPSA) is 65.9 Å². The highest BCUT2D eigenvalue weighted by molar-refractivity contribution is 5.17. The molecule has 2 N–H and O–H groups in total. The molecule has 2 unspecified atom stereocenters. The van der Waals surface area contributed by atoms with Crippen molar-refractivity contribution in [2.45, 2.75) is 31.8 Å². The lowest BCUT2D eigenvalue weighted by atomic mass is 9.97. The van der Waals surface area contributed by atoms with Gasteiger partial charge in [0.15, 0.2) is 0 Å². The summed E-state index contributed by atoms with van der Waals surface area (Å²) in [5.41, 5.74) is 7.34. The van der Waals surface area contributed by atoms with Crippen molar-refractivity contribution >= 4 is 0 Å². The predicted octanol–water partition coefficient (Wildman–Crippen LogP) is 1.71. The number of nitrogens with two attached hydrogens (primary N) is 1. The van der Waals surface area contributed by atoms with Crippen LogP contribution >= 0.6 is 0 Å². The van der Waals surface area contributed by atoms with Gasteiger partial charge in [-0.1, -0.05) is 6.92 Å². The van der Waals surface area contributed by atoms with Gasteiger partial charge in [0.1, 0.15) is 0 Å². The van der Waals surface area contributed by atoms with Crippen molar-refractivity contribution in [1.29, 1.82) is 5.26 Å². The first-order valence-corrected chi connectivity index (χ1v) is 5.93. The highest BCUT2D eigenvalue weighted by Gasteiger charge is 2.22. The molecule has 17 heavy (non-hydrogen) atoms. The van der Waals surface area contributed by atoms with Gasteiger partial charge in [-0.25, -0.2) is 0 Å².